The van der Waals surface area contributed by atoms with Gasteiger partial charge in [0, 0.05) is 0 Å². The Morgan fingerprint density at radius 1 is 1.18 bits per heavy atom. The van der Waals surface area contributed by atoms with E-state index < -0.39 is 23.1 Å². The van der Waals surface area contributed by atoms with Crippen molar-refractivity contribution in [3.05, 3.63) is 57.8 Å². The minimum atomic E-state index is -1.86. The van der Waals surface area contributed by atoms with Crippen LogP contribution in [-0.2, 0) is 0 Å². The summed E-state index contributed by atoms with van der Waals surface area (Å²) in [6, 6.07) is 6.28. The van der Waals surface area contributed by atoms with E-state index in [-0.39, 0.29) is 5.69 Å². The molecule has 17 heavy (non-hydrogen) atoms. The van der Waals surface area contributed by atoms with Gasteiger partial charge in [0.2, 0.25) is 11.6 Å². The molecule has 1 heterocycles. The Balaban J connectivity index is 2.73. The summed E-state index contributed by atoms with van der Waals surface area (Å²) in [5.74, 6) is -5.29. The number of hydrogen-bond acceptors (Lipinski definition) is 2. The topological polar surface area (TPSA) is 34.9 Å². The van der Waals surface area contributed by atoms with Gasteiger partial charge < -0.3 is 0 Å². The van der Waals surface area contributed by atoms with E-state index in [2.05, 4.69) is 5.10 Å². The van der Waals surface area contributed by atoms with E-state index in [1.54, 1.807) is 19.1 Å². The lowest BCUT2D eigenvalue weighted by Crippen LogP contribution is -2.27. The summed E-state index contributed by atoms with van der Waals surface area (Å²) < 4.78 is 39.2. The first-order valence-corrected chi connectivity index (χ1v) is 4.71. The van der Waals surface area contributed by atoms with E-state index in [4.69, 9.17) is 0 Å². The van der Waals surface area contributed by atoms with Crippen LogP contribution in [0.2, 0.25) is 0 Å². The normalized spacial score (nSPS) is 10.6. The Kier molecular flexibility index (Phi) is 2.71. The monoisotopic (exact) mass is 240 g/mol. The summed E-state index contributed by atoms with van der Waals surface area (Å²) >= 11 is 0. The predicted molar refractivity (Wildman–Crippen MR) is 54.4 cm³/mol. The van der Waals surface area contributed by atoms with Gasteiger partial charge in [0.05, 0.1) is 5.69 Å². The molecule has 0 atom stereocenters. The summed E-state index contributed by atoms with van der Waals surface area (Å²) in [7, 11) is 0. The number of benzene rings is 1. The predicted octanol–water partition coefficient (Wildman–Crippen LogP) is 1.96. The smallest absolute Gasteiger partial charge is 0.264 e. The highest BCUT2D eigenvalue weighted by Crippen LogP contribution is 2.09. The molecule has 3 nitrogen and oxygen atoms in total. The standard InChI is InChI=1S/C11H7F3N2O/c1-6-3-2-4-7(5-6)16-11(17)9(13)8(12)10(14)15-16/h2-5H,1H3. The van der Waals surface area contributed by atoms with Crippen LogP contribution in [0.25, 0.3) is 5.69 Å². The average molecular weight is 240 g/mol. The minimum Gasteiger partial charge on any atom is -0.264 e. The van der Waals surface area contributed by atoms with Crippen LogP contribution in [0, 0.1) is 24.5 Å². The summed E-state index contributed by atoms with van der Waals surface area (Å²) in [6.07, 6.45) is 0. The summed E-state index contributed by atoms with van der Waals surface area (Å²) in [6.45, 7) is 1.74. The van der Waals surface area contributed by atoms with Gasteiger partial charge in [-0.15, -0.1) is 5.10 Å². The lowest BCUT2D eigenvalue weighted by molar-refractivity contribution is 0.394. The first kappa shape index (κ1) is 11.4. The molecular formula is C11H7F3N2O. The van der Waals surface area contributed by atoms with E-state index in [0.717, 1.165) is 5.56 Å². The molecule has 0 aliphatic carbocycles. The minimum absolute atomic E-state index is 0.174. The quantitative estimate of drug-likeness (QED) is 0.763. The zero-order valence-electron chi connectivity index (χ0n) is 8.75. The Morgan fingerprint density at radius 2 is 1.88 bits per heavy atom. The molecule has 2 rings (SSSR count). The molecular weight excluding hydrogens is 233 g/mol. The van der Waals surface area contributed by atoms with Crippen LogP contribution in [0.3, 0.4) is 0 Å². The molecule has 0 aliphatic rings. The second-order valence-electron chi connectivity index (χ2n) is 3.47. The second-order valence-corrected chi connectivity index (χ2v) is 3.47. The van der Waals surface area contributed by atoms with Crippen molar-refractivity contribution in [2.75, 3.05) is 0 Å². The largest absolute Gasteiger partial charge is 0.310 e. The molecule has 1 aromatic carbocycles. The fourth-order valence-electron chi connectivity index (χ4n) is 1.39. The van der Waals surface area contributed by atoms with Crippen molar-refractivity contribution in [1.29, 1.82) is 0 Å². The average Bonchev–Trinajstić information content (AvgIpc) is 2.31. The maximum atomic E-state index is 13.0. The molecule has 6 heteroatoms. The Morgan fingerprint density at radius 3 is 2.53 bits per heavy atom. The summed E-state index contributed by atoms with van der Waals surface area (Å²) in [4.78, 5) is 11.4. The zero-order chi connectivity index (χ0) is 12.6. The zero-order valence-corrected chi connectivity index (χ0v) is 8.75. The fraction of sp³-hybridized carbons (Fsp3) is 0.0909. The van der Waals surface area contributed by atoms with Crippen LogP contribution in [0.4, 0.5) is 13.2 Å². The van der Waals surface area contributed by atoms with Crippen LogP contribution in [-0.4, -0.2) is 9.78 Å². The third-order valence-electron chi connectivity index (χ3n) is 2.19. The molecule has 0 radical (unpaired) electrons. The Hall–Kier alpha value is -2.11. The van der Waals surface area contributed by atoms with Crippen molar-refractivity contribution in [3.8, 4) is 5.69 Å². The van der Waals surface area contributed by atoms with Crippen LogP contribution in [0.1, 0.15) is 5.56 Å². The van der Waals surface area contributed by atoms with Crippen molar-refractivity contribution in [2.24, 2.45) is 0 Å². The molecule has 0 N–H and O–H groups in total. The Labute approximate surface area is 94.1 Å². The molecule has 0 unspecified atom stereocenters. The van der Waals surface area contributed by atoms with Gasteiger partial charge in [-0.25, -0.2) is 0 Å². The molecule has 1 aromatic heterocycles. The molecule has 0 saturated heterocycles. The fourth-order valence-corrected chi connectivity index (χ4v) is 1.39. The van der Waals surface area contributed by atoms with E-state index in [0.29, 0.717) is 4.68 Å². The van der Waals surface area contributed by atoms with Crippen molar-refractivity contribution in [2.45, 2.75) is 6.92 Å². The number of hydrogen-bond donors (Lipinski definition) is 0. The van der Waals surface area contributed by atoms with Gasteiger partial charge in [-0.3, -0.25) is 4.79 Å². The van der Waals surface area contributed by atoms with E-state index >= 15 is 0 Å². The summed E-state index contributed by atoms with van der Waals surface area (Å²) in [5.41, 5.74) is -0.372. The molecule has 0 amide bonds. The van der Waals surface area contributed by atoms with Crippen LogP contribution in [0.15, 0.2) is 29.1 Å². The van der Waals surface area contributed by atoms with Crippen LogP contribution < -0.4 is 5.56 Å². The van der Waals surface area contributed by atoms with Crippen molar-refractivity contribution in [3.63, 3.8) is 0 Å². The van der Waals surface area contributed by atoms with Gasteiger partial charge in [-0.2, -0.15) is 17.9 Å². The van der Waals surface area contributed by atoms with Gasteiger partial charge in [-0.05, 0) is 24.6 Å². The number of rotatable bonds is 1. The third-order valence-corrected chi connectivity index (χ3v) is 2.19. The number of aromatic nitrogens is 2. The van der Waals surface area contributed by atoms with Crippen LogP contribution in [0.5, 0.6) is 0 Å². The third kappa shape index (κ3) is 1.93. The number of nitrogens with zero attached hydrogens (tertiary/aromatic N) is 2. The van der Waals surface area contributed by atoms with Crippen molar-refractivity contribution >= 4 is 0 Å². The summed E-state index contributed by atoms with van der Waals surface area (Å²) in [5, 5.41) is 3.07. The van der Waals surface area contributed by atoms with Crippen LogP contribution >= 0.6 is 0 Å². The molecule has 0 fully saturated rings. The molecule has 0 saturated carbocycles. The van der Waals surface area contributed by atoms with Gasteiger partial charge in [0.1, 0.15) is 0 Å². The van der Waals surface area contributed by atoms with E-state index in [9.17, 15) is 18.0 Å². The lowest BCUT2D eigenvalue weighted by Gasteiger charge is -2.05. The van der Waals surface area contributed by atoms with Gasteiger partial charge in [0.25, 0.3) is 5.95 Å². The number of halogens is 3. The molecule has 2 aromatic rings. The second kappa shape index (κ2) is 4.04. The first-order valence-electron chi connectivity index (χ1n) is 4.71. The van der Waals surface area contributed by atoms with Gasteiger partial charge in [0.15, 0.2) is 0 Å². The molecule has 0 bridgehead atoms. The van der Waals surface area contributed by atoms with Crippen molar-refractivity contribution in [1.82, 2.24) is 9.78 Å². The Bertz CT molecular complexity index is 637. The maximum absolute atomic E-state index is 13.0. The maximum Gasteiger partial charge on any atom is 0.310 e. The highest BCUT2D eigenvalue weighted by molar-refractivity contribution is 5.34. The molecule has 88 valence electrons. The lowest BCUT2D eigenvalue weighted by atomic mass is 10.2. The number of aryl methyl sites for hydroxylation is 1. The SMILES string of the molecule is Cc1cccc(-n2nc(F)c(F)c(F)c2=O)c1. The van der Waals surface area contributed by atoms with E-state index in [1.165, 1.54) is 12.1 Å². The highest BCUT2D eigenvalue weighted by Gasteiger charge is 2.18. The molecule has 0 aliphatic heterocycles. The van der Waals surface area contributed by atoms with Gasteiger partial charge >= 0.3 is 5.56 Å². The highest BCUT2D eigenvalue weighted by atomic mass is 19.2. The molecule has 0 spiro atoms. The van der Waals surface area contributed by atoms with Crippen molar-refractivity contribution < 1.29 is 13.2 Å². The first-order chi connectivity index (χ1) is 8.00. The van der Waals surface area contributed by atoms with Gasteiger partial charge in [-0.1, -0.05) is 12.1 Å². The van der Waals surface area contributed by atoms with E-state index in [1.807, 2.05) is 0 Å².